The number of benzene rings is 1. The van der Waals surface area contributed by atoms with Gasteiger partial charge in [-0.05, 0) is 71.1 Å². The molecule has 3 unspecified atom stereocenters. The number of amides is 3. The highest BCUT2D eigenvalue weighted by Gasteiger charge is 2.39. The molecule has 0 saturated heterocycles. The number of nitrogens with one attached hydrogen (secondary N) is 2. The van der Waals surface area contributed by atoms with Crippen LogP contribution in [0.5, 0.6) is 0 Å². The molecular formula is C26H40N4O4. The summed E-state index contributed by atoms with van der Waals surface area (Å²) >= 11 is 0. The van der Waals surface area contributed by atoms with E-state index >= 15 is 0 Å². The summed E-state index contributed by atoms with van der Waals surface area (Å²) in [6, 6.07) is 5.51. The third-order valence-corrected chi connectivity index (χ3v) is 5.48. The fourth-order valence-electron chi connectivity index (χ4n) is 3.72. The van der Waals surface area contributed by atoms with Crippen LogP contribution >= 0.6 is 0 Å². The van der Waals surface area contributed by atoms with E-state index in [4.69, 9.17) is 4.74 Å². The molecule has 8 nitrogen and oxygen atoms in total. The largest absolute Gasteiger partial charge is 0.444 e. The Morgan fingerprint density at radius 3 is 2.09 bits per heavy atom. The Bertz CT molecular complexity index is 894. The van der Waals surface area contributed by atoms with Crippen LogP contribution in [0.25, 0.3) is 0 Å². The van der Waals surface area contributed by atoms with Crippen molar-refractivity contribution in [2.75, 3.05) is 6.54 Å². The molecule has 8 heteroatoms. The van der Waals surface area contributed by atoms with E-state index < -0.39 is 29.7 Å². The SMILES string of the molecule is CCC(C)C(NC(=O)OC(C)(C)C)C(=O)N(CC#N)C(C(=O)NC(C)C)c1c(C)cccc1C. The lowest BCUT2D eigenvalue weighted by Gasteiger charge is -2.36. The highest BCUT2D eigenvalue weighted by molar-refractivity contribution is 5.93. The van der Waals surface area contributed by atoms with Crippen molar-refractivity contribution in [3.63, 3.8) is 0 Å². The first kappa shape index (κ1) is 29.0. The Morgan fingerprint density at radius 2 is 1.65 bits per heavy atom. The fourth-order valence-corrected chi connectivity index (χ4v) is 3.72. The zero-order valence-electron chi connectivity index (χ0n) is 22.0. The first-order valence-corrected chi connectivity index (χ1v) is 11.8. The maximum absolute atomic E-state index is 13.9. The second kappa shape index (κ2) is 12.4. The summed E-state index contributed by atoms with van der Waals surface area (Å²) in [5.41, 5.74) is 1.60. The van der Waals surface area contributed by atoms with Crippen LogP contribution in [0.1, 0.15) is 77.6 Å². The molecule has 0 saturated carbocycles. The predicted octanol–water partition coefficient (Wildman–Crippen LogP) is 4.16. The number of nitriles is 1. The molecule has 0 spiro atoms. The van der Waals surface area contributed by atoms with Gasteiger partial charge < -0.3 is 20.3 Å². The second-order valence-electron chi connectivity index (χ2n) is 10.0. The number of alkyl carbamates (subject to hydrolysis) is 1. The van der Waals surface area contributed by atoms with Gasteiger partial charge >= 0.3 is 6.09 Å². The summed E-state index contributed by atoms with van der Waals surface area (Å²) in [4.78, 5) is 41.1. The number of carbonyl (C=O) groups is 3. The third kappa shape index (κ3) is 8.05. The summed E-state index contributed by atoms with van der Waals surface area (Å²) < 4.78 is 5.37. The molecule has 1 aromatic rings. The van der Waals surface area contributed by atoms with E-state index in [9.17, 15) is 19.6 Å². The van der Waals surface area contributed by atoms with E-state index in [1.54, 1.807) is 20.8 Å². The van der Waals surface area contributed by atoms with Crippen LogP contribution in [-0.2, 0) is 14.3 Å². The van der Waals surface area contributed by atoms with Crippen LogP contribution in [0.15, 0.2) is 18.2 Å². The molecule has 1 aromatic carbocycles. The van der Waals surface area contributed by atoms with E-state index in [1.807, 2.05) is 65.8 Å². The molecule has 0 bridgehead atoms. The van der Waals surface area contributed by atoms with Gasteiger partial charge in [-0.15, -0.1) is 0 Å². The molecule has 188 valence electrons. The predicted molar refractivity (Wildman–Crippen MR) is 132 cm³/mol. The third-order valence-electron chi connectivity index (χ3n) is 5.48. The van der Waals surface area contributed by atoms with E-state index in [1.165, 1.54) is 4.90 Å². The molecule has 0 aliphatic rings. The van der Waals surface area contributed by atoms with Crippen LogP contribution in [0.3, 0.4) is 0 Å². The highest BCUT2D eigenvalue weighted by Crippen LogP contribution is 2.29. The van der Waals surface area contributed by atoms with Crippen LogP contribution in [0.4, 0.5) is 4.79 Å². The minimum atomic E-state index is -1.03. The van der Waals surface area contributed by atoms with Gasteiger partial charge in [0.2, 0.25) is 11.8 Å². The summed E-state index contributed by atoms with van der Waals surface area (Å²) in [5.74, 6) is -1.14. The molecule has 0 radical (unpaired) electrons. The summed E-state index contributed by atoms with van der Waals surface area (Å²) in [7, 11) is 0. The lowest BCUT2D eigenvalue weighted by Crippen LogP contribution is -2.55. The molecular weight excluding hydrogens is 432 g/mol. The van der Waals surface area contributed by atoms with Crippen molar-refractivity contribution in [2.24, 2.45) is 5.92 Å². The lowest BCUT2D eigenvalue weighted by atomic mass is 9.92. The molecule has 0 aliphatic heterocycles. The number of hydrogen-bond acceptors (Lipinski definition) is 5. The van der Waals surface area contributed by atoms with Gasteiger partial charge in [0.1, 0.15) is 24.2 Å². The second-order valence-corrected chi connectivity index (χ2v) is 10.0. The van der Waals surface area contributed by atoms with Crippen LogP contribution in [-0.4, -0.2) is 47.0 Å². The van der Waals surface area contributed by atoms with Crippen LogP contribution < -0.4 is 10.6 Å². The normalized spacial score (nSPS) is 13.9. The van der Waals surface area contributed by atoms with E-state index in [0.29, 0.717) is 12.0 Å². The summed E-state index contributed by atoms with van der Waals surface area (Å²) in [6.45, 7) is 16.1. The summed E-state index contributed by atoms with van der Waals surface area (Å²) in [6.07, 6.45) is -0.128. The summed E-state index contributed by atoms with van der Waals surface area (Å²) in [5, 5.41) is 15.2. The first-order valence-electron chi connectivity index (χ1n) is 11.8. The van der Waals surface area contributed by atoms with Gasteiger partial charge in [0.15, 0.2) is 0 Å². The Morgan fingerprint density at radius 1 is 1.09 bits per heavy atom. The van der Waals surface area contributed by atoms with Gasteiger partial charge in [-0.1, -0.05) is 38.5 Å². The number of hydrogen-bond donors (Lipinski definition) is 2. The zero-order valence-corrected chi connectivity index (χ0v) is 22.0. The molecule has 2 N–H and O–H groups in total. The zero-order chi connectivity index (χ0) is 26.2. The van der Waals surface area contributed by atoms with Gasteiger partial charge in [-0.2, -0.15) is 5.26 Å². The maximum atomic E-state index is 13.9. The standard InChI is InChI=1S/C26H40N4O4/c1-10-17(4)21(29-25(33)34-26(7,8)9)24(32)30(15-14-27)22(23(31)28-16(2)3)20-18(5)12-11-13-19(20)6/h11-13,16-17,21-22H,10,15H2,1-9H3,(H,28,31)(H,29,33). The number of ether oxygens (including phenoxy) is 1. The molecule has 1 rings (SSSR count). The molecule has 34 heavy (non-hydrogen) atoms. The average Bonchev–Trinajstić information content (AvgIpc) is 2.70. The monoisotopic (exact) mass is 472 g/mol. The van der Waals surface area contributed by atoms with E-state index in [0.717, 1.165) is 11.1 Å². The molecule has 0 aliphatic carbocycles. The number of rotatable bonds is 9. The Labute approximate surface area is 204 Å². The van der Waals surface area contributed by atoms with Gasteiger partial charge in [-0.25, -0.2) is 4.79 Å². The fraction of sp³-hybridized carbons (Fsp3) is 0.615. The Balaban J connectivity index is 3.57. The molecule has 0 fully saturated rings. The topological polar surface area (TPSA) is 112 Å². The molecule has 0 aromatic heterocycles. The number of nitrogens with zero attached hydrogens (tertiary/aromatic N) is 2. The number of carbonyl (C=O) groups excluding carboxylic acids is 3. The van der Waals surface area contributed by atoms with Gasteiger partial charge in [-0.3, -0.25) is 9.59 Å². The highest BCUT2D eigenvalue weighted by atomic mass is 16.6. The van der Waals surface area contributed by atoms with Gasteiger partial charge in [0, 0.05) is 6.04 Å². The van der Waals surface area contributed by atoms with Crippen molar-refractivity contribution < 1.29 is 19.1 Å². The van der Waals surface area contributed by atoms with Crippen molar-refractivity contribution in [3.8, 4) is 6.07 Å². The van der Waals surface area contributed by atoms with Crippen molar-refractivity contribution in [3.05, 3.63) is 34.9 Å². The van der Waals surface area contributed by atoms with Crippen molar-refractivity contribution in [1.29, 1.82) is 5.26 Å². The van der Waals surface area contributed by atoms with Crippen molar-refractivity contribution in [1.82, 2.24) is 15.5 Å². The van der Waals surface area contributed by atoms with Crippen molar-refractivity contribution in [2.45, 2.75) is 92.5 Å². The van der Waals surface area contributed by atoms with Gasteiger partial charge in [0.05, 0.1) is 6.07 Å². The van der Waals surface area contributed by atoms with Crippen LogP contribution in [0.2, 0.25) is 0 Å². The lowest BCUT2D eigenvalue weighted by molar-refractivity contribution is -0.143. The molecule has 3 amide bonds. The minimum Gasteiger partial charge on any atom is -0.444 e. The smallest absolute Gasteiger partial charge is 0.408 e. The van der Waals surface area contributed by atoms with E-state index in [-0.39, 0.29) is 24.4 Å². The average molecular weight is 473 g/mol. The van der Waals surface area contributed by atoms with Crippen LogP contribution in [0, 0.1) is 31.1 Å². The molecule has 3 atom stereocenters. The van der Waals surface area contributed by atoms with E-state index in [2.05, 4.69) is 10.6 Å². The quantitative estimate of drug-likeness (QED) is 0.524. The Hall–Kier alpha value is -3.08. The van der Waals surface area contributed by atoms with Gasteiger partial charge in [0.25, 0.3) is 0 Å². The number of aryl methyl sites for hydroxylation is 2. The van der Waals surface area contributed by atoms with Crippen molar-refractivity contribution >= 4 is 17.9 Å². The minimum absolute atomic E-state index is 0.163. The first-order chi connectivity index (χ1) is 15.7. The maximum Gasteiger partial charge on any atom is 0.408 e. The Kier molecular flexibility index (Phi) is 10.6. The molecule has 0 heterocycles.